The van der Waals surface area contributed by atoms with Crippen LogP contribution in [0, 0.1) is 23.2 Å². The van der Waals surface area contributed by atoms with Gasteiger partial charge in [-0.25, -0.2) is 5.43 Å². The second kappa shape index (κ2) is 7.68. The summed E-state index contributed by atoms with van der Waals surface area (Å²) in [7, 11) is 0. The first-order valence-electron chi connectivity index (χ1n) is 9.91. The molecule has 0 radical (unpaired) electrons. The van der Waals surface area contributed by atoms with Crippen molar-refractivity contribution in [2.75, 3.05) is 5.32 Å². The van der Waals surface area contributed by atoms with Crippen molar-refractivity contribution < 1.29 is 9.59 Å². The molecule has 0 aromatic heterocycles. The third-order valence-corrected chi connectivity index (χ3v) is 7.05. The van der Waals surface area contributed by atoms with E-state index < -0.39 is 0 Å². The zero-order valence-corrected chi connectivity index (χ0v) is 17.4. The fraction of sp³-hybridized carbons (Fsp3) is 0.571. The maximum Gasteiger partial charge on any atom is 0.246 e. The smallest absolute Gasteiger partial charge is 0.246 e. The highest BCUT2D eigenvalue weighted by Gasteiger charge is 2.54. The Morgan fingerprint density at radius 2 is 1.71 bits per heavy atom. The van der Waals surface area contributed by atoms with Crippen molar-refractivity contribution in [1.82, 2.24) is 5.43 Å². The van der Waals surface area contributed by atoms with Gasteiger partial charge in [0.15, 0.2) is 0 Å². The van der Waals surface area contributed by atoms with E-state index >= 15 is 0 Å². The molecule has 0 unspecified atom stereocenters. The van der Waals surface area contributed by atoms with E-state index in [4.69, 9.17) is 23.2 Å². The lowest BCUT2D eigenvalue weighted by atomic mass is 9.49. The molecule has 0 spiro atoms. The van der Waals surface area contributed by atoms with Crippen LogP contribution >= 0.6 is 23.2 Å². The predicted molar refractivity (Wildman–Crippen MR) is 112 cm³/mol. The third-order valence-electron chi connectivity index (χ3n) is 6.49. The van der Waals surface area contributed by atoms with E-state index in [2.05, 4.69) is 15.8 Å². The number of nitrogens with one attached hydrogen (secondary N) is 2. The van der Waals surface area contributed by atoms with Crippen LogP contribution in [0.5, 0.6) is 0 Å². The van der Waals surface area contributed by atoms with Crippen LogP contribution in [0.15, 0.2) is 23.3 Å². The van der Waals surface area contributed by atoms with Crippen LogP contribution in [0.1, 0.15) is 51.9 Å². The number of carbonyl (C=O) groups excluding carboxylic acids is 2. The van der Waals surface area contributed by atoms with E-state index in [0.29, 0.717) is 39.2 Å². The van der Waals surface area contributed by atoms with Crippen molar-refractivity contribution in [2.45, 2.75) is 51.9 Å². The van der Waals surface area contributed by atoms with Crippen molar-refractivity contribution in [2.24, 2.45) is 28.3 Å². The van der Waals surface area contributed by atoms with Crippen molar-refractivity contribution in [3.8, 4) is 0 Å². The van der Waals surface area contributed by atoms with Crippen LogP contribution in [0.3, 0.4) is 0 Å². The van der Waals surface area contributed by atoms with Gasteiger partial charge in [0.25, 0.3) is 0 Å². The van der Waals surface area contributed by atoms with Crippen LogP contribution < -0.4 is 10.7 Å². The van der Waals surface area contributed by atoms with Crippen LogP contribution in [0.4, 0.5) is 5.69 Å². The first-order chi connectivity index (χ1) is 13.3. The zero-order valence-electron chi connectivity index (χ0n) is 15.9. The number of amides is 2. The largest absolute Gasteiger partial charge is 0.324 e. The lowest BCUT2D eigenvalue weighted by molar-refractivity contribution is -0.146. The number of anilines is 1. The van der Waals surface area contributed by atoms with Crippen molar-refractivity contribution >= 4 is 46.4 Å². The minimum atomic E-state index is -0.255. The van der Waals surface area contributed by atoms with Crippen LogP contribution in [-0.4, -0.2) is 17.5 Å². The Hall–Kier alpha value is -1.59. The molecular weight excluding hydrogens is 397 g/mol. The molecule has 0 heterocycles. The van der Waals surface area contributed by atoms with Crippen LogP contribution in [0.2, 0.25) is 10.0 Å². The van der Waals surface area contributed by atoms with Gasteiger partial charge in [0, 0.05) is 10.7 Å². The molecule has 150 valence electrons. The standard InChI is InChI=1S/C21H25Cl2N3O2/c1-12(4-19(27)24-18-8-16(22)2-3-17(18)23)25-26-20(28)21-9-13-5-14(10-21)7-15(6-13)11-21/h2-3,8,13-15H,4-7,9-11H2,1H3,(H,24,27)(H,26,28)/b25-12+. The van der Waals surface area contributed by atoms with Crippen LogP contribution in [-0.2, 0) is 9.59 Å². The normalized spacial score (nSPS) is 31.0. The lowest BCUT2D eigenvalue weighted by Gasteiger charge is -2.55. The average molecular weight is 422 g/mol. The number of nitrogens with zero attached hydrogens (tertiary/aromatic N) is 1. The number of rotatable bonds is 5. The number of carbonyl (C=O) groups is 2. The Morgan fingerprint density at radius 1 is 1.11 bits per heavy atom. The van der Waals surface area contributed by atoms with Gasteiger partial charge in [-0.3, -0.25) is 9.59 Å². The maximum atomic E-state index is 12.9. The van der Waals surface area contributed by atoms with Crippen molar-refractivity contribution in [1.29, 1.82) is 0 Å². The minimum absolute atomic E-state index is 0.0317. The first-order valence-corrected chi connectivity index (χ1v) is 10.7. The second-order valence-corrected chi connectivity index (χ2v) is 9.68. The van der Waals surface area contributed by atoms with Gasteiger partial charge in [-0.05, 0) is 81.4 Å². The molecular formula is C21H25Cl2N3O2. The monoisotopic (exact) mass is 421 g/mol. The van der Waals surface area contributed by atoms with Crippen molar-refractivity contribution in [3.63, 3.8) is 0 Å². The summed E-state index contributed by atoms with van der Waals surface area (Å²) in [4.78, 5) is 25.2. The van der Waals surface area contributed by atoms with Gasteiger partial charge in [-0.1, -0.05) is 23.2 Å². The summed E-state index contributed by atoms with van der Waals surface area (Å²) < 4.78 is 0. The summed E-state index contributed by atoms with van der Waals surface area (Å²) in [5.41, 5.74) is 3.52. The predicted octanol–water partition coefficient (Wildman–Crippen LogP) is 5.03. The van der Waals surface area contributed by atoms with Gasteiger partial charge in [-0.15, -0.1) is 0 Å². The van der Waals surface area contributed by atoms with Gasteiger partial charge >= 0.3 is 0 Å². The van der Waals surface area contributed by atoms with E-state index in [0.717, 1.165) is 19.3 Å². The number of benzene rings is 1. The van der Waals surface area contributed by atoms with Gasteiger partial charge in [0.05, 0.1) is 22.5 Å². The highest BCUT2D eigenvalue weighted by Crippen LogP contribution is 2.60. The van der Waals surface area contributed by atoms with E-state index in [-0.39, 0.29) is 23.7 Å². The Bertz CT molecular complexity index is 802. The molecule has 4 aliphatic carbocycles. The molecule has 2 N–H and O–H groups in total. The topological polar surface area (TPSA) is 70.6 Å². The highest BCUT2D eigenvalue weighted by molar-refractivity contribution is 6.35. The quantitative estimate of drug-likeness (QED) is 0.516. The highest BCUT2D eigenvalue weighted by atomic mass is 35.5. The Balaban J connectivity index is 1.34. The number of hydrazone groups is 1. The fourth-order valence-corrected chi connectivity index (χ4v) is 6.05. The molecule has 4 aliphatic rings. The summed E-state index contributed by atoms with van der Waals surface area (Å²) in [5, 5.41) is 7.84. The number of hydrogen-bond acceptors (Lipinski definition) is 3. The Morgan fingerprint density at radius 3 is 2.32 bits per heavy atom. The molecule has 28 heavy (non-hydrogen) atoms. The molecule has 5 rings (SSSR count). The maximum absolute atomic E-state index is 12.9. The first kappa shape index (κ1) is 19.7. The molecule has 7 heteroatoms. The summed E-state index contributed by atoms with van der Waals surface area (Å²) in [6.07, 6.45) is 6.93. The van der Waals surface area contributed by atoms with E-state index in [1.54, 1.807) is 25.1 Å². The van der Waals surface area contributed by atoms with Gasteiger partial charge in [-0.2, -0.15) is 5.10 Å². The fourth-order valence-electron chi connectivity index (χ4n) is 5.71. The summed E-state index contributed by atoms with van der Waals surface area (Å²) in [6.45, 7) is 1.74. The molecule has 4 saturated carbocycles. The number of halogens is 2. The summed E-state index contributed by atoms with van der Waals surface area (Å²) in [6, 6.07) is 4.89. The molecule has 5 nitrogen and oxygen atoms in total. The van der Waals surface area contributed by atoms with E-state index in [1.165, 1.54) is 19.3 Å². The molecule has 1 aromatic carbocycles. The Labute approximate surface area is 175 Å². The molecule has 4 fully saturated rings. The molecule has 0 aliphatic heterocycles. The Kier molecular flexibility index (Phi) is 5.41. The SMILES string of the molecule is C/C(CC(=O)Nc1cc(Cl)ccc1Cl)=N\NC(=O)C12CC3CC(CC(C3)C1)C2. The average Bonchev–Trinajstić information content (AvgIpc) is 2.61. The van der Waals surface area contributed by atoms with Gasteiger partial charge in [0.1, 0.15) is 0 Å². The molecule has 0 atom stereocenters. The lowest BCUT2D eigenvalue weighted by Crippen LogP contribution is -2.52. The summed E-state index contributed by atoms with van der Waals surface area (Å²) in [5.74, 6) is 1.89. The van der Waals surface area contributed by atoms with E-state index in [1.807, 2.05) is 0 Å². The number of hydrogen-bond donors (Lipinski definition) is 2. The van der Waals surface area contributed by atoms with Gasteiger partial charge < -0.3 is 5.32 Å². The molecule has 2 amide bonds. The molecule has 0 saturated heterocycles. The minimum Gasteiger partial charge on any atom is -0.324 e. The molecule has 1 aromatic rings. The van der Waals surface area contributed by atoms with E-state index in [9.17, 15) is 9.59 Å². The molecule has 4 bridgehead atoms. The van der Waals surface area contributed by atoms with Gasteiger partial charge in [0.2, 0.25) is 11.8 Å². The van der Waals surface area contributed by atoms with Crippen LogP contribution in [0.25, 0.3) is 0 Å². The zero-order chi connectivity index (χ0) is 19.9. The third kappa shape index (κ3) is 4.06. The summed E-state index contributed by atoms with van der Waals surface area (Å²) >= 11 is 12.0. The van der Waals surface area contributed by atoms with Crippen molar-refractivity contribution in [3.05, 3.63) is 28.2 Å². The second-order valence-electron chi connectivity index (χ2n) is 8.84.